The summed E-state index contributed by atoms with van der Waals surface area (Å²) in [5.41, 5.74) is 2.71. The van der Waals surface area contributed by atoms with Gasteiger partial charge in [-0.3, -0.25) is 14.9 Å². The summed E-state index contributed by atoms with van der Waals surface area (Å²) in [6.45, 7) is -0.494. The molecule has 9 nitrogen and oxygen atoms in total. The van der Waals surface area contributed by atoms with E-state index in [1.54, 1.807) is 42.5 Å². The van der Waals surface area contributed by atoms with Crippen LogP contribution in [0.1, 0.15) is 15.9 Å². The lowest BCUT2D eigenvalue weighted by atomic mass is 10.0. The summed E-state index contributed by atoms with van der Waals surface area (Å²) in [6, 6.07) is 23.0. The van der Waals surface area contributed by atoms with E-state index in [1.807, 2.05) is 24.3 Å². The third kappa shape index (κ3) is 5.65. The van der Waals surface area contributed by atoms with E-state index in [0.717, 1.165) is 10.8 Å². The minimum Gasteiger partial charge on any atom is -0.477 e. The average Bonchev–Trinajstić information content (AvgIpc) is 2.88. The summed E-state index contributed by atoms with van der Waals surface area (Å²) >= 11 is 6.12. The normalized spacial score (nSPS) is 10.8. The van der Waals surface area contributed by atoms with E-state index in [0.29, 0.717) is 5.56 Å². The van der Waals surface area contributed by atoms with Gasteiger partial charge in [-0.15, -0.1) is 0 Å². The van der Waals surface area contributed by atoms with E-state index in [-0.39, 0.29) is 27.8 Å². The lowest BCUT2D eigenvalue weighted by molar-refractivity contribution is -0.385. The Morgan fingerprint density at radius 2 is 1.67 bits per heavy atom. The van der Waals surface area contributed by atoms with Crippen molar-refractivity contribution in [3.63, 3.8) is 0 Å². The summed E-state index contributed by atoms with van der Waals surface area (Å²) in [4.78, 5) is 35.4. The first-order valence-electron chi connectivity index (χ1n) is 10.6. The second-order valence-corrected chi connectivity index (χ2v) is 7.78. The van der Waals surface area contributed by atoms with Crippen LogP contribution in [0.4, 0.5) is 5.69 Å². The molecule has 0 aliphatic carbocycles. The number of carbonyl (C=O) groups is 2. The van der Waals surface area contributed by atoms with Crippen LogP contribution in [0, 0.1) is 10.1 Å². The van der Waals surface area contributed by atoms with Crippen LogP contribution in [0.25, 0.3) is 10.8 Å². The van der Waals surface area contributed by atoms with Gasteiger partial charge in [0.1, 0.15) is 5.75 Å². The molecule has 1 amide bonds. The van der Waals surface area contributed by atoms with Gasteiger partial charge < -0.3 is 9.47 Å². The Bertz CT molecular complexity index is 1490. The standard InChI is InChI=1S/C26H18ClN3O6/c27-21-10-4-3-9-19(21)26(32)36-23-14-13-17-7-1-2-8-18(17)20(23)15-28-29-25(31)16-35-24-12-6-5-11-22(24)30(33)34/h1-15H,16H2,(H,29,31)/b28-15-. The van der Waals surface area contributed by atoms with E-state index in [1.165, 1.54) is 24.4 Å². The zero-order chi connectivity index (χ0) is 25.5. The molecule has 0 aromatic heterocycles. The van der Waals surface area contributed by atoms with E-state index >= 15 is 0 Å². The lowest BCUT2D eigenvalue weighted by Gasteiger charge is -2.11. The maximum atomic E-state index is 12.7. The highest BCUT2D eigenvalue weighted by atomic mass is 35.5. The predicted octanol–water partition coefficient (Wildman–Crippen LogP) is 5.15. The molecule has 4 rings (SSSR count). The number of hydrogen-bond acceptors (Lipinski definition) is 7. The highest BCUT2D eigenvalue weighted by Crippen LogP contribution is 2.28. The number of para-hydroxylation sites is 2. The first kappa shape index (κ1) is 24.4. The SMILES string of the molecule is O=C(COc1ccccc1[N+](=O)[O-])N/N=C\c1c(OC(=O)c2ccccc2Cl)ccc2ccccc12. The minimum atomic E-state index is -0.646. The first-order chi connectivity index (χ1) is 17.4. The van der Waals surface area contributed by atoms with Gasteiger partial charge in [-0.05, 0) is 35.0 Å². The van der Waals surface area contributed by atoms with E-state index in [9.17, 15) is 19.7 Å². The van der Waals surface area contributed by atoms with Gasteiger partial charge in [0.15, 0.2) is 12.4 Å². The van der Waals surface area contributed by atoms with Gasteiger partial charge in [-0.2, -0.15) is 5.10 Å². The quantitative estimate of drug-likeness (QED) is 0.117. The van der Waals surface area contributed by atoms with Crippen molar-refractivity contribution in [3.8, 4) is 11.5 Å². The Hall–Kier alpha value is -4.76. The molecule has 180 valence electrons. The number of rotatable bonds is 8. The number of carbonyl (C=O) groups excluding carboxylic acids is 2. The lowest BCUT2D eigenvalue weighted by Crippen LogP contribution is -2.24. The molecular weight excluding hydrogens is 486 g/mol. The summed E-state index contributed by atoms with van der Waals surface area (Å²) < 4.78 is 10.9. The van der Waals surface area contributed by atoms with E-state index < -0.39 is 23.4 Å². The third-order valence-electron chi connectivity index (χ3n) is 5.03. The minimum absolute atomic E-state index is 0.0375. The van der Waals surface area contributed by atoms with Crippen molar-refractivity contribution in [2.75, 3.05) is 6.61 Å². The number of fused-ring (bicyclic) bond motifs is 1. The second kappa shape index (κ2) is 11.1. The topological polar surface area (TPSA) is 120 Å². The maximum absolute atomic E-state index is 12.7. The average molecular weight is 504 g/mol. The molecule has 0 fully saturated rings. The molecule has 0 heterocycles. The number of halogens is 1. The first-order valence-corrected chi connectivity index (χ1v) is 11.0. The Kier molecular flexibility index (Phi) is 7.52. The highest BCUT2D eigenvalue weighted by molar-refractivity contribution is 6.33. The molecule has 0 unspecified atom stereocenters. The van der Waals surface area contributed by atoms with E-state index in [2.05, 4.69) is 10.5 Å². The molecular formula is C26H18ClN3O6. The van der Waals surface area contributed by atoms with Crippen molar-refractivity contribution < 1.29 is 24.0 Å². The Morgan fingerprint density at radius 3 is 2.47 bits per heavy atom. The van der Waals surface area contributed by atoms with Crippen LogP contribution in [-0.4, -0.2) is 29.6 Å². The van der Waals surface area contributed by atoms with Gasteiger partial charge >= 0.3 is 11.7 Å². The zero-order valence-electron chi connectivity index (χ0n) is 18.6. The number of nitrogens with one attached hydrogen (secondary N) is 1. The maximum Gasteiger partial charge on any atom is 0.345 e. The summed E-state index contributed by atoms with van der Waals surface area (Å²) in [7, 11) is 0. The highest BCUT2D eigenvalue weighted by Gasteiger charge is 2.17. The summed E-state index contributed by atoms with van der Waals surface area (Å²) in [5, 5.41) is 16.9. The Balaban J connectivity index is 1.51. The van der Waals surface area contributed by atoms with Crippen molar-refractivity contribution in [2.45, 2.75) is 0 Å². The number of hydrogen-bond donors (Lipinski definition) is 1. The number of esters is 1. The molecule has 0 saturated carbocycles. The van der Waals surface area contributed by atoms with Gasteiger partial charge in [0.2, 0.25) is 0 Å². The van der Waals surface area contributed by atoms with Crippen molar-refractivity contribution in [1.29, 1.82) is 0 Å². The monoisotopic (exact) mass is 503 g/mol. The fourth-order valence-electron chi connectivity index (χ4n) is 3.35. The number of amides is 1. The van der Waals surface area contributed by atoms with Crippen LogP contribution < -0.4 is 14.9 Å². The smallest absolute Gasteiger partial charge is 0.345 e. The number of benzene rings is 4. The van der Waals surface area contributed by atoms with Crippen LogP contribution in [0.3, 0.4) is 0 Å². The molecule has 0 spiro atoms. The molecule has 0 aliphatic rings. The fourth-order valence-corrected chi connectivity index (χ4v) is 3.57. The molecule has 0 atom stereocenters. The molecule has 0 aliphatic heterocycles. The van der Waals surface area contributed by atoms with Crippen molar-refractivity contribution in [2.24, 2.45) is 5.10 Å². The van der Waals surface area contributed by atoms with Gasteiger partial charge in [0.05, 0.1) is 21.7 Å². The zero-order valence-corrected chi connectivity index (χ0v) is 19.3. The molecule has 36 heavy (non-hydrogen) atoms. The number of ether oxygens (including phenoxy) is 2. The van der Waals surface area contributed by atoms with Gasteiger partial charge in [0.25, 0.3) is 5.91 Å². The number of nitrogens with zero attached hydrogens (tertiary/aromatic N) is 2. The van der Waals surface area contributed by atoms with Crippen molar-refractivity contribution in [3.05, 3.63) is 111 Å². The van der Waals surface area contributed by atoms with Crippen LogP contribution in [0.2, 0.25) is 5.02 Å². The molecule has 0 bridgehead atoms. The van der Waals surface area contributed by atoms with Gasteiger partial charge in [-0.1, -0.05) is 66.2 Å². The van der Waals surface area contributed by atoms with Gasteiger partial charge in [-0.25, -0.2) is 10.2 Å². The van der Waals surface area contributed by atoms with Crippen LogP contribution in [0.5, 0.6) is 11.5 Å². The number of nitro benzene ring substituents is 1. The number of nitro groups is 1. The fraction of sp³-hybridized carbons (Fsp3) is 0.0385. The van der Waals surface area contributed by atoms with Crippen LogP contribution in [-0.2, 0) is 4.79 Å². The van der Waals surface area contributed by atoms with Crippen molar-refractivity contribution >= 4 is 46.2 Å². The largest absolute Gasteiger partial charge is 0.477 e. The van der Waals surface area contributed by atoms with E-state index in [4.69, 9.17) is 21.1 Å². The molecule has 0 saturated heterocycles. The second-order valence-electron chi connectivity index (χ2n) is 7.37. The molecule has 10 heteroatoms. The third-order valence-corrected chi connectivity index (χ3v) is 5.36. The molecule has 1 N–H and O–H groups in total. The summed E-state index contributed by atoms with van der Waals surface area (Å²) in [6.07, 6.45) is 1.35. The summed E-state index contributed by atoms with van der Waals surface area (Å²) in [5.74, 6) is -1.11. The number of hydrazone groups is 1. The van der Waals surface area contributed by atoms with Gasteiger partial charge in [0, 0.05) is 11.6 Å². The Labute approximate surface area is 210 Å². The molecule has 4 aromatic rings. The van der Waals surface area contributed by atoms with Crippen LogP contribution >= 0.6 is 11.6 Å². The predicted molar refractivity (Wildman–Crippen MR) is 135 cm³/mol. The molecule has 0 radical (unpaired) electrons. The molecule has 4 aromatic carbocycles. The van der Waals surface area contributed by atoms with Crippen molar-refractivity contribution in [1.82, 2.24) is 5.43 Å². The van der Waals surface area contributed by atoms with Crippen LogP contribution in [0.15, 0.2) is 90.0 Å². The Morgan fingerprint density at radius 1 is 0.944 bits per heavy atom.